The Labute approximate surface area is 327 Å². The van der Waals surface area contributed by atoms with Gasteiger partial charge < -0.3 is 4.42 Å². The van der Waals surface area contributed by atoms with Crippen molar-refractivity contribution in [1.82, 2.24) is 15.0 Å². The molecular weight excluding hydrogens is 703 g/mol. The van der Waals surface area contributed by atoms with Crippen molar-refractivity contribution in [2.24, 2.45) is 0 Å². The SMILES string of the molecule is c1ccc(-c2ccc(-c3nc(-c4ccccc4)nc(-c4ccc5c(c4)sc4ccc(-c6ccccc6-c6cccc7c6oc6ccccc67)cc45)n3)cc2)cc1. The first kappa shape index (κ1) is 32.2. The molecular formula is C51H31N3OS. The largest absolute Gasteiger partial charge is 0.455 e. The molecule has 0 aliphatic rings. The van der Waals surface area contributed by atoms with Gasteiger partial charge >= 0.3 is 0 Å². The van der Waals surface area contributed by atoms with E-state index in [1.165, 1.54) is 31.3 Å². The van der Waals surface area contributed by atoms with Gasteiger partial charge in [-0.25, -0.2) is 15.0 Å². The number of benzene rings is 8. The number of furan rings is 1. The molecule has 4 nitrogen and oxygen atoms in total. The van der Waals surface area contributed by atoms with Crippen LogP contribution in [0.25, 0.3) is 110 Å². The van der Waals surface area contributed by atoms with Gasteiger partial charge in [-0.15, -0.1) is 11.3 Å². The lowest BCUT2D eigenvalue weighted by Crippen LogP contribution is -2.00. The van der Waals surface area contributed by atoms with Crippen LogP contribution < -0.4 is 0 Å². The molecule has 262 valence electrons. The Balaban J connectivity index is 0.997. The molecule has 8 aromatic carbocycles. The fourth-order valence-electron chi connectivity index (χ4n) is 7.81. The molecule has 5 heteroatoms. The lowest BCUT2D eigenvalue weighted by Gasteiger charge is -2.11. The molecule has 11 aromatic rings. The van der Waals surface area contributed by atoms with Gasteiger partial charge in [-0.3, -0.25) is 0 Å². The molecule has 11 rings (SSSR count). The van der Waals surface area contributed by atoms with Crippen molar-refractivity contribution in [3.05, 3.63) is 188 Å². The van der Waals surface area contributed by atoms with E-state index < -0.39 is 0 Å². The lowest BCUT2D eigenvalue weighted by atomic mass is 9.93. The molecule has 3 heterocycles. The number of para-hydroxylation sites is 2. The van der Waals surface area contributed by atoms with E-state index in [2.05, 4.69) is 140 Å². The Morgan fingerprint density at radius 2 is 0.875 bits per heavy atom. The number of thiophene rings is 1. The summed E-state index contributed by atoms with van der Waals surface area (Å²) in [4.78, 5) is 15.1. The van der Waals surface area contributed by atoms with Gasteiger partial charge in [0.15, 0.2) is 17.5 Å². The number of hydrogen-bond acceptors (Lipinski definition) is 5. The van der Waals surface area contributed by atoms with Crippen molar-refractivity contribution >= 4 is 53.4 Å². The van der Waals surface area contributed by atoms with E-state index in [4.69, 9.17) is 19.4 Å². The van der Waals surface area contributed by atoms with Crippen LogP contribution in [-0.4, -0.2) is 15.0 Å². The first-order chi connectivity index (χ1) is 27.7. The standard InChI is InChI=1S/C51H31N3OS/c1-3-12-32(13-4-1)33-22-24-35(25-23-33)50-52-49(34-14-5-2-6-15-34)53-51(54-50)37-26-28-41-44-30-36(27-29-46(44)56-47(41)31-37)38-16-7-8-17-39(38)42-19-11-20-43-40-18-9-10-21-45(40)55-48(42)43/h1-31H. The summed E-state index contributed by atoms with van der Waals surface area (Å²) < 4.78 is 8.89. The number of aromatic nitrogens is 3. The van der Waals surface area contributed by atoms with E-state index in [0.29, 0.717) is 17.5 Å². The third-order valence-electron chi connectivity index (χ3n) is 10.6. The smallest absolute Gasteiger partial charge is 0.164 e. The van der Waals surface area contributed by atoms with Gasteiger partial charge in [-0.05, 0) is 52.1 Å². The summed E-state index contributed by atoms with van der Waals surface area (Å²) in [6.45, 7) is 0. The van der Waals surface area contributed by atoms with Crippen molar-refractivity contribution in [2.45, 2.75) is 0 Å². The zero-order valence-electron chi connectivity index (χ0n) is 30.1. The van der Waals surface area contributed by atoms with E-state index in [1.807, 2.05) is 48.5 Å². The number of fused-ring (bicyclic) bond motifs is 6. The summed E-state index contributed by atoms with van der Waals surface area (Å²) >= 11 is 1.79. The lowest BCUT2D eigenvalue weighted by molar-refractivity contribution is 0.670. The van der Waals surface area contributed by atoms with Crippen LogP contribution in [0.2, 0.25) is 0 Å². The van der Waals surface area contributed by atoms with E-state index in [9.17, 15) is 0 Å². The van der Waals surface area contributed by atoms with Crippen LogP contribution >= 0.6 is 11.3 Å². The molecule has 0 radical (unpaired) electrons. The highest BCUT2D eigenvalue weighted by molar-refractivity contribution is 7.25. The van der Waals surface area contributed by atoms with Crippen molar-refractivity contribution in [3.8, 4) is 67.5 Å². The number of hydrogen-bond donors (Lipinski definition) is 0. The maximum atomic E-state index is 6.47. The summed E-state index contributed by atoms with van der Waals surface area (Å²) in [5.41, 5.74) is 11.6. The van der Waals surface area contributed by atoms with Crippen LogP contribution in [0.1, 0.15) is 0 Å². The zero-order valence-corrected chi connectivity index (χ0v) is 30.9. The number of nitrogens with zero attached hydrogens (tertiary/aromatic N) is 3. The summed E-state index contributed by atoms with van der Waals surface area (Å²) in [5, 5.41) is 4.70. The molecule has 56 heavy (non-hydrogen) atoms. The van der Waals surface area contributed by atoms with Crippen molar-refractivity contribution < 1.29 is 4.42 Å². The summed E-state index contributed by atoms with van der Waals surface area (Å²) in [6, 6.07) is 65.7. The fourth-order valence-corrected chi connectivity index (χ4v) is 8.93. The minimum atomic E-state index is 0.645. The molecule has 0 bridgehead atoms. The molecule has 0 spiro atoms. The van der Waals surface area contributed by atoms with Gasteiger partial charge in [0, 0.05) is 53.2 Å². The molecule has 0 unspecified atom stereocenters. The van der Waals surface area contributed by atoms with E-state index in [-0.39, 0.29) is 0 Å². The number of rotatable bonds is 6. The molecule has 0 saturated heterocycles. The fraction of sp³-hybridized carbons (Fsp3) is 0. The van der Waals surface area contributed by atoms with Crippen molar-refractivity contribution in [2.75, 3.05) is 0 Å². The quantitative estimate of drug-likeness (QED) is 0.171. The maximum absolute atomic E-state index is 6.47. The minimum Gasteiger partial charge on any atom is -0.455 e. The highest BCUT2D eigenvalue weighted by Gasteiger charge is 2.18. The van der Waals surface area contributed by atoms with Crippen molar-refractivity contribution in [3.63, 3.8) is 0 Å². The molecule has 0 atom stereocenters. The van der Waals surface area contributed by atoms with E-state index in [1.54, 1.807) is 11.3 Å². The Morgan fingerprint density at radius 1 is 0.321 bits per heavy atom. The van der Waals surface area contributed by atoms with E-state index in [0.717, 1.165) is 60.9 Å². The second-order valence-electron chi connectivity index (χ2n) is 14.0. The average Bonchev–Trinajstić information content (AvgIpc) is 3.85. The molecule has 0 fully saturated rings. The third kappa shape index (κ3) is 5.56. The summed E-state index contributed by atoms with van der Waals surface area (Å²) in [7, 11) is 0. The van der Waals surface area contributed by atoms with Crippen LogP contribution in [0, 0.1) is 0 Å². The monoisotopic (exact) mass is 733 g/mol. The van der Waals surface area contributed by atoms with Gasteiger partial charge in [0.2, 0.25) is 0 Å². The first-order valence-corrected chi connectivity index (χ1v) is 19.5. The molecule has 0 amide bonds. The van der Waals surface area contributed by atoms with Crippen LogP contribution in [0.4, 0.5) is 0 Å². The Kier molecular flexibility index (Phi) is 7.64. The highest BCUT2D eigenvalue weighted by atomic mass is 32.1. The summed E-state index contributed by atoms with van der Waals surface area (Å²) in [5.74, 6) is 1.94. The van der Waals surface area contributed by atoms with Gasteiger partial charge in [0.05, 0.1) is 0 Å². The Bertz CT molecular complexity index is 3240. The second-order valence-corrected chi connectivity index (χ2v) is 15.0. The second kappa shape index (κ2) is 13.3. The van der Waals surface area contributed by atoms with Gasteiger partial charge in [0.25, 0.3) is 0 Å². The normalized spacial score (nSPS) is 11.6. The minimum absolute atomic E-state index is 0.645. The van der Waals surface area contributed by atoms with Crippen LogP contribution in [-0.2, 0) is 0 Å². The summed E-state index contributed by atoms with van der Waals surface area (Å²) in [6.07, 6.45) is 0. The highest BCUT2D eigenvalue weighted by Crippen LogP contribution is 2.43. The van der Waals surface area contributed by atoms with Crippen molar-refractivity contribution in [1.29, 1.82) is 0 Å². The molecule has 3 aromatic heterocycles. The molecule has 0 aliphatic heterocycles. The zero-order chi connectivity index (χ0) is 37.0. The average molecular weight is 734 g/mol. The maximum Gasteiger partial charge on any atom is 0.164 e. The van der Waals surface area contributed by atoms with Crippen LogP contribution in [0.3, 0.4) is 0 Å². The molecule has 0 N–H and O–H groups in total. The third-order valence-corrected chi connectivity index (χ3v) is 11.7. The van der Waals surface area contributed by atoms with Gasteiger partial charge in [0.1, 0.15) is 11.2 Å². The Hall–Kier alpha value is -7.21. The predicted molar refractivity (Wildman–Crippen MR) is 233 cm³/mol. The van der Waals surface area contributed by atoms with E-state index >= 15 is 0 Å². The molecule has 0 aliphatic carbocycles. The van der Waals surface area contributed by atoms with Crippen LogP contribution in [0.5, 0.6) is 0 Å². The van der Waals surface area contributed by atoms with Gasteiger partial charge in [-0.1, -0.05) is 164 Å². The molecule has 0 saturated carbocycles. The van der Waals surface area contributed by atoms with Crippen LogP contribution in [0.15, 0.2) is 192 Å². The van der Waals surface area contributed by atoms with Gasteiger partial charge in [-0.2, -0.15) is 0 Å². The topological polar surface area (TPSA) is 51.8 Å². The Morgan fingerprint density at radius 3 is 1.66 bits per heavy atom. The first-order valence-electron chi connectivity index (χ1n) is 18.7. The predicted octanol–water partition coefficient (Wildman–Crippen LogP) is 14.1.